The lowest BCUT2D eigenvalue weighted by Gasteiger charge is -2.09. The van der Waals surface area contributed by atoms with Gasteiger partial charge in [-0.2, -0.15) is 0 Å². The van der Waals surface area contributed by atoms with E-state index >= 15 is 0 Å². The van der Waals surface area contributed by atoms with Gasteiger partial charge in [0.05, 0.1) is 13.7 Å². The van der Waals surface area contributed by atoms with Gasteiger partial charge in [0.1, 0.15) is 0 Å². The number of nitrogens with zero attached hydrogens (tertiary/aromatic N) is 1. The molecule has 28 heavy (non-hydrogen) atoms. The molecule has 0 amide bonds. The smallest absolute Gasteiger partial charge is 0.331 e. The summed E-state index contributed by atoms with van der Waals surface area (Å²) in [5, 5.41) is 0. The summed E-state index contributed by atoms with van der Waals surface area (Å²) in [4.78, 5) is 24.3. The Balaban J connectivity index is 1.99. The summed E-state index contributed by atoms with van der Waals surface area (Å²) in [6.45, 7) is 8.76. The molecule has 0 saturated heterocycles. The first-order valence-electron chi connectivity index (χ1n) is 9.26. The first kappa shape index (κ1) is 21.3. The summed E-state index contributed by atoms with van der Waals surface area (Å²) in [7, 11) is 1.57. The molecule has 0 saturated carbocycles. The summed E-state index contributed by atoms with van der Waals surface area (Å²) < 4.78 is 17.9. The van der Waals surface area contributed by atoms with Crippen molar-refractivity contribution in [1.82, 2.24) is 4.57 Å². The van der Waals surface area contributed by atoms with Crippen molar-refractivity contribution in [3.05, 3.63) is 52.9 Å². The number of ketones is 1. The molecule has 0 fully saturated rings. The van der Waals surface area contributed by atoms with E-state index in [1.54, 1.807) is 31.4 Å². The maximum atomic E-state index is 12.4. The van der Waals surface area contributed by atoms with E-state index in [1.165, 1.54) is 6.08 Å². The van der Waals surface area contributed by atoms with E-state index in [4.69, 9.17) is 14.2 Å². The van der Waals surface area contributed by atoms with E-state index in [9.17, 15) is 9.59 Å². The van der Waals surface area contributed by atoms with Crippen LogP contribution in [0.3, 0.4) is 0 Å². The fourth-order valence-electron chi connectivity index (χ4n) is 3.06. The minimum Gasteiger partial charge on any atom is -0.493 e. The molecular weight excluding hydrogens is 358 g/mol. The molecule has 0 N–H and O–H groups in total. The van der Waals surface area contributed by atoms with Crippen molar-refractivity contribution < 1.29 is 23.8 Å². The van der Waals surface area contributed by atoms with Gasteiger partial charge in [-0.25, -0.2) is 4.79 Å². The van der Waals surface area contributed by atoms with E-state index in [2.05, 4.69) is 4.57 Å². The number of carbonyl (C=O) groups excluding carboxylic acids is 2. The summed E-state index contributed by atoms with van der Waals surface area (Å²) in [6, 6.07) is 7.17. The Kier molecular flexibility index (Phi) is 7.44. The number of aromatic nitrogens is 1. The zero-order chi connectivity index (χ0) is 20.7. The molecule has 0 radical (unpaired) electrons. The van der Waals surface area contributed by atoms with Crippen molar-refractivity contribution in [2.24, 2.45) is 0 Å². The minimum atomic E-state index is -0.577. The Morgan fingerprint density at radius 1 is 1.11 bits per heavy atom. The van der Waals surface area contributed by atoms with E-state index in [0.717, 1.165) is 23.5 Å². The van der Waals surface area contributed by atoms with Gasteiger partial charge >= 0.3 is 5.97 Å². The van der Waals surface area contributed by atoms with E-state index in [-0.39, 0.29) is 12.4 Å². The van der Waals surface area contributed by atoms with Gasteiger partial charge in [0.2, 0.25) is 5.78 Å². The van der Waals surface area contributed by atoms with Gasteiger partial charge in [0.25, 0.3) is 0 Å². The molecule has 0 spiro atoms. The molecule has 1 heterocycles. The van der Waals surface area contributed by atoms with Crippen molar-refractivity contribution in [2.75, 3.05) is 20.3 Å². The maximum Gasteiger partial charge on any atom is 0.331 e. The van der Waals surface area contributed by atoms with Crippen molar-refractivity contribution >= 4 is 17.8 Å². The number of ether oxygens (including phenoxy) is 3. The number of carbonyl (C=O) groups is 2. The molecule has 0 aliphatic rings. The third-order valence-corrected chi connectivity index (χ3v) is 4.44. The fourth-order valence-corrected chi connectivity index (χ4v) is 3.06. The van der Waals surface area contributed by atoms with E-state index < -0.39 is 5.97 Å². The Bertz CT molecular complexity index is 879. The molecule has 6 nitrogen and oxygen atoms in total. The molecule has 0 aliphatic carbocycles. The average molecular weight is 385 g/mol. The molecular formula is C22H27NO5. The number of esters is 1. The van der Waals surface area contributed by atoms with Gasteiger partial charge in [-0.05, 0) is 57.5 Å². The Labute approximate surface area is 165 Å². The molecule has 150 valence electrons. The highest BCUT2D eigenvalue weighted by Crippen LogP contribution is 2.28. The quantitative estimate of drug-likeness (QED) is 0.371. The zero-order valence-corrected chi connectivity index (χ0v) is 17.1. The van der Waals surface area contributed by atoms with Crippen LogP contribution in [-0.4, -0.2) is 36.6 Å². The first-order chi connectivity index (χ1) is 13.4. The number of methoxy groups -OCH3 is 1. The van der Waals surface area contributed by atoms with Gasteiger partial charge in [-0.15, -0.1) is 0 Å². The van der Waals surface area contributed by atoms with Crippen molar-refractivity contribution in [3.8, 4) is 11.5 Å². The van der Waals surface area contributed by atoms with Crippen molar-refractivity contribution in [3.63, 3.8) is 0 Å². The molecule has 0 unspecified atom stereocenters. The van der Waals surface area contributed by atoms with Crippen LogP contribution in [0.1, 0.15) is 41.2 Å². The minimum absolute atomic E-state index is 0.211. The third-order valence-electron chi connectivity index (χ3n) is 4.44. The maximum absolute atomic E-state index is 12.4. The predicted molar refractivity (Wildman–Crippen MR) is 108 cm³/mol. The summed E-state index contributed by atoms with van der Waals surface area (Å²) in [5.41, 5.74) is 3.25. The standard InChI is InChI=1S/C22H27NO5/c1-6-23-15(3)12-18(16(23)4)19(24)14-28-22(25)11-9-17-8-10-20(26-5)21(13-17)27-7-2/h8-13H,6-7,14H2,1-5H3/b11-9+. The first-order valence-corrected chi connectivity index (χ1v) is 9.26. The average Bonchev–Trinajstić information content (AvgIpc) is 2.98. The fraction of sp³-hybridized carbons (Fsp3) is 0.364. The molecule has 0 aliphatic heterocycles. The van der Waals surface area contributed by atoms with Crippen LogP contribution in [0.2, 0.25) is 0 Å². The predicted octanol–water partition coefficient (Wildman–Crippen LogP) is 3.97. The summed E-state index contributed by atoms with van der Waals surface area (Å²) in [5.74, 6) is 0.433. The van der Waals surface area contributed by atoms with Gasteiger partial charge < -0.3 is 18.8 Å². The van der Waals surface area contributed by atoms with Crippen LogP contribution in [0.15, 0.2) is 30.3 Å². The molecule has 1 aromatic carbocycles. The highest BCUT2D eigenvalue weighted by molar-refractivity contribution is 6.00. The summed E-state index contributed by atoms with van der Waals surface area (Å²) in [6.07, 6.45) is 2.90. The van der Waals surface area contributed by atoms with Crippen LogP contribution in [0.25, 0.3) is 6.08 Å². The van der Waals surface area contributed by atoms with E-state index in [0.29, 0.717) is 23.7 Å². The largest absolute Gasteiger partial charge is 0.493 e. The lowest BCUT2D eigenvalue weighted by Crippen LogP contribution is -2.13. The van der Waals surface area contributed by atoms with Crippen LogP contribution in [0, 0.1) is 13.8 Å². The number of aryl methyl sites for hydroxylation is 1. The molecule has 2 aromatic rings. The number of Topliss-reactive ketones (excluding diaryl/α,β-unsaturated/α-hetero) is 1. The SMILES string of the molecule is CCOc1cc(/C=C/C(=O)OCC(=O)c2cc(C)n(CC)c2C)ccc1OC. The normalized spacial score (nSPS) is 10.9. The monoisotopic (exact) mass is 385 g/mol. The van der Waals surface area contributed by atoms with Crippen LogP contribution >= 0.6 is 0 Å². The Hall–Kier alpha value is -3.02. The van der Waals surface area contributed by atoms with Crippen LogP contribution in [0.5, 0.6) is 11.5 Å². The Morgan fingerprint density at radius 2 is 1.86 bits per heavy atom. The van der Waals surface area contributed by atoms with Gasteiger partial charge in [-0.3, -0.25) is 4.79 Å². The number of hydrogen-bond donors (Lipinski definition) is 0. The second-order valence-electron chi connectivity index (χ2n) is 6.24. The van der Waals surface area contributed by atoms with E-state index in [1.807, 2.05) is 33.8 Å². The zero-order valence-electron chi connectivity index (χ0n) is 17.1. The van der Waals surface area contributed by atoms with Gasteiger partial charge in [-0.1, -0.05) is 6.07 Å². The van der Waals surface area contributed by atoms with Crippen LogP contribution < -0.4 is 9.47 Å². The van der Waals surface area contributed by atoms with Crippen LogP contribution in [-0.2, 0) is 16.1 Å². The summed E-state index contributed by atoms with van der Waals surface area (Å²) >= 11 is 0. The highest BCUT2D eigenvalue weighted by Gasteiger charge is 2.16. The molecule has 2 rings (SSSR count). The number of benzene rings is 1. The van der Waals surface area contributed by atoms with Crippen molar-refractivity contribution in [1.29, 1.82) is 0 Å². The molecule has 1 aromatic heterocycles. The Morgan fingerprint density at radius 3 is 2.46 bits per heavy atom. The van der Waals surface area contributed by atoms with Crippen LogP contribution in [0.4, 0.5) is 0 Å². The molecule has 0 atom stereocenters. The molecule has 6 heteroatoms. The second-order valence-corrected chi connectivity index (χ2v) is 6.24. The highest BCUT2D eigenvalue weighted by atomic mass is 16.5. The van der Waals surface area contributed by atoms with Crippen molar-refractivity contribution in [2.45, 2.75) is 34.2 Å². The molecule has 0 bridgehead atoms. The van der Waals surface area contributed by atoms with Gasteiger partial charge in [0, 0.05) is 29.6 Å². The lowest BCUT2D eigenvalue weighted by atomic mass is 10.1. The third kappa shape index (κ3) is 5.03. The van der Waals surface area contributed by atoms with Gasteiger partial charge in [0.15, 0.2) is 18.1 Å². The topological polar surface area (TPSA) is 66.8 Å². The number of rotatable bonds is 9. The lowest BCUT2D eigenvalue weighted by molar-refractivity contribution is -0.136. The number of hydrogen-bond acceptors (Lipinski definition) is 5. The second kappa shape index (κ2) is 9.78.